The summed E-state index contributed by atoms with van der Waals surface area (Å²) in [5.41, 5.74) is 2.73. The minimum Gasteiger partial charge on any atom is -0.477 e. The number of hydrogen-bond donors (Lipinski definition) is 3. The van der Waals surface area contributed by atoms with Gasteiger partial charge in [-0.1, -0.05) is 0 Å². The first-order valence-electron chi connectivity index (χ1n) is 5.91. The molecule has 2 aromatic heterocycles. The molecule has 0 radical (unpaired) electrons. The zero-order valence-electron chi connectivity index (χ0n) is 11.2. The van der Waals surface area contributed by atoms with Crippen LogP contribution in [0.3, 0.4) is 0 Å². The molecule has 4 N–H and O–H groups in total. The van der Waals surface area contributed by atoms with Gasteiger partial charge in [0.1, 0.15) is 5.39 Å². The minimum atomic E-state index is -0.239. The number of rotatable bonds is 6. The smallest absolute Gasteiger partial charge is 0.242 e. The van der Waals surface area contributed by atoms with Crippen molar-refractivity contribution < 1.29 is 9.47 Å². The molecule has 0 atom stereocenters. The van der Waals surface area contributed by atoms with Gasteiger partial charge in [-0.3, -0.25) is 10.5 Å². The van der Waals surface area contributed by atoms with E-state index in [4.69, 9.17) is 15.3 Å². The van der Waals surface area contributed by atoms with Gasteiger partial charge in [0, 0.05) is 13.5 Å². The van der Waals surface area contributed by atoms with Crippen LogP contribution in [-0.4, -0.2) is 39.5 Å². The fraction of sp³-hybridized carbons (Fsp3) is 0.545. The summed E-state index contributed by atoms with van der Waals surface area (Å²) in [6, 6.07) is 0. The molecule has 0 fully saturated rings. The zero-order valence-corrected chi connectivity index (χ0v) is 11.2. The van der Waals surface area contributed by atoms with E-state index < -0.39 is 0 Å². The number of nitrogens with one attached hydrogen (secondary N) is 2. The molecule has 0 saturated carbocycles. The number of nitrogens with zero attached hydrogens (tertiary/aromatic N) is 3. The lowest BCUT2D eigenvalue weighted by Crippen LogP contribution is -2.25. The summed E-state index contributed by atoms with van der Waals surface area (Å²) in [6.07, 6.45) is 2.35. The molecule has 8 heteroatoms. The van der Waals surface area contributed by atoms with Gasteiger partial charge in [0.05, 0.1) is 18.4 Å². The van der Waals surface area contributed by atoms with Gasteiger partial charge >= 0.3 is 0 Å². The standard InChI is InChI=1S/C11H18N6O2/c1-11(2,18-3)4-5-19-9-7-6-13-17-8(7)14-10(15-9)16-12/h6H,4-5,12H2,1-3H3,(H2,13,14,15,16,17). The Morgan fingerprint density at radius 1 is 1.42 bits per heavy atom. The summed E-state index contributed by atoms with van der Waals surface area (Å²) in [5.74, 6) is 6.03. The largest absolute Gasteiger partial charge is 0.477 e. The number of nitrogens with two attached hydrogens (primary N) is 1. The van der Waals surface area contributed by atoms with Crippen molar-refractivity contribution in [3.8, 4) is 5.88 Å². The van der Waals surface area contributed by atoms with Crippen LogP contribution in [-0.2, 0) is 4.74 Å². The van der Waals surface area contributed by atoms with Crippen LogP contribution >= 0.6 is 0 Å². The molecular weight excluding hydrogens is 248 g/mol. The summed E-state index contributed by atoms with van der Waals surface area (Å²) in [6.45, 7) is 4.47. The van der Waals surface area contributed by atoms with Crippen molar-refractivity contribution >= 4 is 17.0 Å². The molecule has 0 aliphatic carbocycles. The second-order valence-electron chi connectivity index (χ2n) is 4.69. The number of aromatic amines is 1. The summed E-state index contributed by atoms with van der Waals surface area (Å²) >= 11 is 0. The van der Waals surface area contributed by atoms with Gasteiger partial charge in [-0.05, 0) is 13.8 Å². The van der Waals surface area contributed by atoms with Crippen molar-refractivity contribution in [1.82, 2.24) is 20.2 Å². The third-order valence-electron chi connectivity index (χ3n) is 2.90. The maximum absolute atomic E-state index is 5.67. The van der Waals surface area contributed by atoms with Gasteiger partial charge < -0.3 is 9.47 Å². The van der Waals surface area contributed by atoms with Crippen LogP contribution in [0.1, 0.15) is 20.3 Å². The molecule has 0 spiro atoms. The number of anilines is 1. The highest BCUT2D eigenvalue weighted by Gasteiger charge is 2.17. The quantitative estimate of drug-likeness (QED) is 0.524. The number of nitrogen functional groups attached to an aromatic ring is 1. The van der Waals surface area contributed by atoms with Crippen LogP contribution in [0.2, 0.25) is 0 Å². The predicted molar refractivity (Wildman–Crippen MR) is 70.7 cm³/mol. The molecule has 0 aromatic carbocycles. The molecule has 2 rings (SSSR count). The van der Waals surface area contributed by atoms with Gasteiger partial charge in [-0.25, -0.2) is 5.84 Å². The highest BCUT2D eigenvalue weighted by molar-refractivity contribution is 5.80. The SMILES string of the molecule is COC(C)(C)CCOc1nc(NN)nc2[nH]ncc12. The lowest BCUT2D eigenvalue weighted by atomic mass is 10.1. The average molecular weight is 266 g/mol. The molecule has 2 heterocycles. The van der Waals surface area contributed by atoms with E-state index in [0.29, 0.717) is 23.5 Å². The summed E-state index contributed by atoms with van der Waals surface area (Å²) < 4.78 is 11.0. The monoisotopic (exact) mass is 266 g/mol. The molecule has 19 heavy (non-hydrogen) atoms. The predicted octanol–water partition coefficient (Wildman–Crippen LogP) is 0.832. The van der Waals surface area contributed by atoms with Gasteiger partial charge in [-0.15, -0.1) is 0 Å². The molecule has 2 aromatic rings. The van der Waals surface area contributed by atoms with E-state index in [-0.39, 0.29) is 11.5 Å². The molecule has 0 amide bonds. The highest BCUT2D eigenvalue weighted by Crippen LogP contribution is 2.22. The first-order chi connectivity index (χ1) is 9.05. The van der Waals surface area contributed by atoms with Crippen LogP contribution < -0.4 is 16.0 Å². The molecule has 104 valence electrons. The van der Waals surface area contributed by atoms with Crippen molar-refractivity contribution in [3.63, 3.8) is 0 Å². The zero-order chi connectivity index (χ0) is 13.9. The van der Waals surface area contributed by atoms with Crippen LogP contribution in [0.4, 0.5) is 5.95 Å². The minimum absolute atomic E-state index is 0.239. The normalized spacial score (nSPS) is 11.8. The summed E-state index contributed by atoms with van der Waals surface area (Å²) in [4.78, 5) is 8.28. The van der Waals surface area contributed by atoms with E-state index in [1.807, 2.05) is 13.8 Å². The van der Waals surface area contributed by atoms with Crippen molar-refractivity contribution in [2.75, 3.05) is 19.1 Å². The molecular formula is C11H18N6O2. The van der Waals surface area contributed by atoms with E-state index >= 15 is 0 Å². The van der Waals surface area contributed by atoms with Crippen molar-refractivity contribution in [3.05, 3.63) is 6.20 Å². The van der Waals surface area contributed by atoms with Gasteiger partial charge in [0.2, 0.25) is 11.8 Å². The molecule has 0 aliphatic heterocycles. The number of methoxy groups -OCH3 is 1. The fourth-order valence-electron chi connectivity index (χ4n) is 1.48. The lowest BCUT2D eigenvalue weighted by Gasteiger charge is -2.22. The van der Waals surface area contributed by atoms with E-state index in [2.05, 4.69) is 25.6 Å². The Hall–Kier alpha value is -1.93. The number of aromatic nitrogens is 4. The number of ether oxygens (including phenoxy) is 2. The topological polar surface area (TPSA) is 111 Å². The van der Waals surface area contributed by atoms with Crippen LogP contribution in [0.25, 0.3) is 11.0 Å². The Kier molecular flexibility index (Phi) is 3.82. The van der Waals surface area contributed by atoms with Gasteiger partial charge in [-0.2, -0.15) is 15.1 Å². The maximum atomic E-state index is 5.67. The molecule has 8 nitrogen and oxygen atoms in total. The summed E-state index contributed by atoms with van der Waals surface area (Å²) in [5, 5.41) is 7.38. The number of hydrazine groups is 1. The lowest BCUT2D eigenvalue weighted by molar-refractivity contribution is 0.00523. The Bertz CT molecular complexity index is 553. The molecule has 0 saturated heterocycles. The first kappa shape index (κ1) is 13.5. The summed E-state index contributed by atoms with van der Waals surface area (Å²) in [7, 11) is 1.68. The third kappa shape index (κ3) is 3.09. The second kappa shape index (κ2) is 5.37. The van der Waals surface area contributed by atoms with E-state index in [1.165, 1.54) is 0 Å². The van der Waals surface area contributed by atoms with Crippen LogP contribution in [0.5, 0.6) is 5.88 Å². The van der Waals surface area contributed by atoms with Crippen LogP contribution in [0.15, 0.2) is 6.20 Å². The van der Waals surface area contributed by atoms with Crippen molar-refractivity contribution in [2.45, 2.75) is 25.9 Å². The van der Waals surface area contributed by atoms with Crippen molar-refractivity contribution in [2.24, 2.45) is 5.84 Å². The fourth-order valence-corrected chi connectivity index (χ4v) is 1.48. The second-order valence-corrected chi connectivity index (χ2v) is 4.69. The Morgan fingerprint density at radius 3 is 2.89 bits per heavy atom. The Morgan fingerprint density at radius 2 is 2.21 bits per heavy atom. The van der Waals surface area contributed by atoms with Gasteiger partial charge in [0.15, 0.2) is 5.65 Å². The third-order valence-corrected chi connectivity index (χ3v) is 2.90. The van der Waals surface area contributed by atoms with Crippen LogP contribution in [0, 0.1) is 0 Å². The Balaban J connectivity index is 2.13. The average Bonchev–Trinajstić information content (AvgIpc) is 2.86. The number of hydrogen-bond acceptors (Lipinski definition) is 7. The van der Waals surface area contributed by atoms with E-state index in [9.17, 15) is 0 Å². The molecule has 0 aliphatic rings. The van der Waals surface area contributed by atoms with E-state index in [0.717, 1.165) is 6.42 Å². The van der Waals surface area contributed by atoms with Crippen molar-refractivity contribution in [1.29, 1.82) is 0 Å². The van der Waals surface area contributed by atoms with E-state index in [1.54, 1.807) is 13.3 Å². The molecule has 0 bridgehead atoms. The maximum Gasteiger partial charge on any atom is 0.242 e. The Labute approximate surface area is 110 Å². The number of H-pyrrole nitrogens is 1. The van der Waals surface area contributed by atoms with Gasteiger partial charge in [0.25, 0.3) is 0 Å². The molecule has 0 unspecified atom stereocenters. The number of fused-ring (bicyclic) bond motifs is 1. The highest BCUT2D eigenvalue weighted by atomic mass is 16.5. The first-order valence-corrected chi connectivity index (χ1v) is 5.91.